The molecule has 0 bridgehead atoms. The molecule has 0 aromatic heterocycles. The molecular weight excluding hydrogens is 214 g/mol. The topological polar surface area (TPSA) is 41.5 Å². The van der Waals surface area contributed by atoms with E-state index in [1.807, 2.05) is 24.3 Å². The second kappa shape index (κ2) is 5.52. The first kappa shape index (κ1) is 12.4. The molecule has 0 unspecified atom stereocenters. The largest absolute Gasteiger partial charge is 0.494 e. The Hall–Kier alpha value is -1.06. The second-order valence-corrected chi connectivity index (χ2v) is 4.65. The molecule has 0 radical (unpaired) electrons. The summed E-state index contributed by atoms with van der Waals surface area (Å²) in [6.07, 6.45) is 2.57. The summed E-state index contributed by atoms with van der Waals surface area (Å²) in [7, 11) is 0. The van der Waals surface area contributed by atoms with Gasteiger partial charge in [0.25, 0.3) is 0 Å². The predicted molar refractivity (Wildman–Crippen MR) is 68.2 cm³/mol. The Labute approximate surface area is 103 Å². The van der Waals surface area contributed by atoms with Gasteiger partial charge in [-0.05, 0) is 50.0 Å². The van der Waals surface area contributed by atoms with Crippen LogP contribution in [0.5, 0.6) is 5.75 Å². The lowest BCUT2D eigenvalue weighted by atomic mass is 9.85. The van der Waals surface area contributed by atoms with Gasteiger partial charge in [-0.2, -0.15) is 0 Å². The van der Waals surface area contributed by atoms with Crippen LogP contribution in [-0.2, 0) is 5.60 Å². The zero-order chi connectivity index (χ0) is 12.1. The van der Waals surface area contributed by atoms with Crippen molar-refractivity contribution in [3.05, 3.63) is 29.8 Å². The molecule has 1 heterocycles. The van der Waals surface area contributed by atoms with Crippen molar-refractivity contribution in [2.75, 3.05) is 19.7 Å². The SMILES string of the molecule is CCCOc1ccc(C2(O)CCNCC2)cc1. The van der Waals surface area contributed by atoms with Crippen molar-refractivity contribution in [2.45, 2.75) is 31.8 Å². The number of hydrogen-bond donors (Lipinski definition) is 2. The first-order valence-electron chi connectivity index (χ1n) is 6.41. The maximum absolute atomic E-state index is 10.5. The van der Waals surface area contributed by atoms with Gasteiger partial charge in [-0.3, -0.25) is 0 Å². The number of hydrogen-bond acceptors (Lipinski definition) is 3. The predicted octanol–water partition coefficient (Wildman–Crippen LogP) is 2.05. The molecule has 1 fully saturated rings. The van der Waals surface area contributed by atoms with Crippen LogP contribution >= 0.6 is 0 Å². The number of piperidine rings is 1. The average molecular weight is 235 g/mol. The quantitative estimate of drug-likeness (QED) is 0.839. The molecule has 1 saturated heterocycles. The normalized spacial score (nSPS) is 18.9. The summed E-state index contributed by atoms with van der Waals surface area (Å²) in [5.41, 5.74) is 0.344. The lowest BCUT2D eigenvalue weighted by Crippen LogP contribution is -2.39. The molecule has 0 saturated carbocycles. The molecule has 0 amide bonds. The summed E-state index contributed by atoms with van der Waals surface area (Å²) in [5, 5.41) is 13.8. The molecule has 94 valence electrons. The van der Waals surface area contributed by atoms with Crippen LogP contribution in [0.15, 0.2) is 24.3 Å². The van der Waals surface area contributed by atoms with Crippen molar-refractivity contribution >= 4 is 0 Å². The van der Waals surface area contributed by atoms with Crippen molar-refractivity contribution < 1.29 is 9.84 Å². The van der Waals surface area contributed by atoms with Crippen LogP contribution in [-0.4, -0.2) is 24.8 Å². The van der Waals surface area contributed by atoms with Crippen LogP contribution in [0, 0.1) is 0 Å². The monoisotopic (exact) mass is 235 g/mol. The molecule has 3 heteroatoms. The minimum atomic E-state index is -0.658. The molecular formula is C14H21NO2. The van der Waals surface area contributed by atoms with Gasteiger partial charge in [-0.1, -0.05) is 19.1 Å². The van der Waals surface area contributed by atoms with E-state index < -0.39 is 5.60 Å². The summed E-state index contributed by atoms with van der Waals surface area (Å²) >= 11 is 0. The molecule has 1 aliphatic heterocycles. The molecule has 3 nitrogen and oxygen atoms in total. The zero-order valence-corrected chi connectivity index (χ0v) is 10.4. The summed E-state index contributed by atoms with van der Waals surface area (Å²) in [6, 6.07) is 7.86. The summed E-state index contributed by atoms with van der Waals surface area (Å²) in [5.74, 6) is 0.883. The van der Waals surface area contributed by atoms with Gasteiger partial charge >= 0.3 is 0 Å². The van der Waals surface area contributed by atoms with Crippen molar-refractivity contribution in [2.24, 2.45) is 0 Å². The van der Waals surface area contributed by atoms with Gasteiger partial charge in [0.15, 0.2) is 0 Å². The number of nitrogens with one attached hydrogen (secondary N) is 1. The van der Waals surface area contributed by atoms with Gasteiger partial charge in [-0.15, -0.1) is 0 Å². The highest BCUT2D eigenvalue weighted by Crippen LogP contribution is 2.31. The van der Waals surface area contributed by atoms with Crippen molar-refractivity contribution in [3.8, 4) is 5.75 Å². The minimum Gasteiger partial charge on any atom is -0.494 e. The third-order valence-corrected chi connectivity index (χ3v) is 3.30. The summed E-state index contributed by atoms with van der Waals surface area (Å²) in [6.45, 7) is 4.59. The Bertz CT molecular complexity index is 342. The summed E-state index contributed by atoms with van der Waals surface area (Å²) < 4.78 is 5.54. The van der Waals surface area contributed by atoms with E-state index in [2.05, 4.69) is 12.2 Å². The van der Waals surface area contributed by atoms with E-state index >= 15 is 0 Å². The molecule has 1 aromatic carbocycles. The van der Waals surface area contributed by atoms with Crippen LogP contribution in [0.3, 0.4) is 0 Å². The van der Waals surface area contributed by atoms with Crippen LogP contribution in [0.1, 0.15) is 31.7 Å². The summed E-state index contributed by atoms with van der Waals surface area (Å²) in [4.78, 5) is 0. The third kappa shape index (κ3) is 2.99. The highest BCUT2D eigenvalue weighted by Gasteiger charge is 2.30. The van der Waals surface area contributed by atoms with E-state index in [4.69, 9.17) is 4.74 Å². The highest BCUT2D eigenvalue weighted by molar-refractivity contribution is 5.31. The molecule has 0 atom stereocenters. The lowest BCUT2D eigenvalue weighted by molar-refractivity contribution is 0.00590. The molecule has 1 aliphatic rings. The number of aliphatic hydroxyl groups is 1. The van der Waals surface area contributed by atoms with E-state index in [-0.39, 0.29) is 0 Å². The van der Waals surface area contributed by atoms with Gasteiger partial charge in [0.05, 0.1) is 12.2 Å². The Kier molecular flexibility index (Phi) is 4.02. The number of ether oxygens (including phenoxy) is 1. The molecule has 17 heavy (non-hydrogen) atoms. The first-order chi connectivity index (χ1) is 8.24. The smallest absolute Gasteiger partial charge is 0.119 e. The first-order valence-corrected chi connectivity index (χ1v) is 6.41. The highest BCUT2D eigenvalue weighted by atomic mass is 16.5. The van der Waals surface area contributed by atoms with E-state index in [9.17, 15) is 5.11 Å². The van der Waals surface area contributed by atoms with Crippen molar-refractivity contribution in [3.63, 3.8) is 0 Å². The third-order valence-electron chi connectivity index (χ3n) is 3.30. The Morgan fingerprint density at radius 3 is 2.47 bits per heavy atom. The van der Waals surface area contributed by atoms with E-state index in [0.717, 1.165) is 50.3 Å². The molecule has 0 spiro atoms. The fourth-order valence-corrected chi connectivity index (χ4v) is 2.21. The minimum absolute atomic E-state index is 0.658. The molecule has 0 aliphatic carbocycles. The number of rotatable bonds is 4. The molecule has 1 aromatic rings. The van der Waals surface area contributed by atoms with Crippen LogP contribution in [0.2, 0.25) is 0 Å². The lowest BCUT2D eigenvalue weighted by Gasteiger charge is -2.33. The standard InChI is InChI=1S/C14H21NO2/c1-2-11-17-13-5-3-12(4-6-13)14(16)7-9-15-10-8-14/h3-6,15-16H,2,7-11H2,1H3. The average Bonchev–Trinajstić information content (AvgIpc) is 2.38. The van der Waals surface area contributed by atoms with E-state index in [0.29, 0.717) is 0 Å². The van der Waals surface area contributed by atoms with Gasteiger partial charge < -0.3 is 15.2 Å². The number of benzene rings is 1. The molecule has 2 N–H and O–H groups in total. The maximum atomic E-state index is 10.5. The van der Waals surface area contributed by atoms with Crippen molar-refractivity contribution in [1.29, 1.82) is 0 Å². The van der Waals surface area contributed by atoms with Gasteiger partial charge in [-0.25, -0.2) is 0 Å². The van der Waals surface area contributed by atoms with Crippen LogP contribution < -0.4 is 10.1 Å². The Balaban J connectivity index is 2.06. The van der Waals surface area contributed by atoms with Crippen LogP contribution in [0.4, 0.5) is 0 Å². The Morgan fingerprint density at radius 2 is 1.88 bits per heavy atom. The van der Waals surface area contributed by atoms with Gasteiger partial charge in [0, 0.05) is 0 Å². The zero-order valence-electron chi connectivity index (χ0n) is 10.4. The van der Waals surface area contributed by atoms with Crippen LogP contribution in [0.25, 0.3) is 0 Å². The van der Waals surface area contributed by atoms with Crippen molar-refractivity contribution in [1.82, 2.24) is 5.32 Å². The second-order valence-electron chi connectivity index (χ2n) is 4.65. The fourth-order valence-electron chi connectivity index (χ4n) is 2.21. The van der Waals surface area contributed by atoms with Gasteiger partial charge in [0.2, 0.25) is 0 Å². The Morgan fingerprint density at radius 1 is 1.24 bits per heavy atom. The maximum Gasteiger partial charge on any atom is 0.119 e. The van der Waals surface area contributed by atoms with E-state index in [1.165, 1.54) is 0 Å². The molecule has 2 rings (SSSR count). The van der Waals surface area contributed by atoms with E-state index in [1.54, 1.807) is 0 Å². The fraction of sp³-hybridized carbons (Fsp3) is 0.571. The van der Waals surface area contributed by atoms with Gasteiger partial charge in [0.1, 0.15) is 5.75 Å².